The van der Waals surface area contributed by atoms with Gasteiger partial charge in [-0.15, -0.1) is 0 Å². The smallest absolute Gasteiger partial charge is 0.263 e. The molecule has 0 spiro atoms. The number of nitrogens with zero attached hydrogens (tertiary/aromatic N) is 3. The van der Waals surface area contributed by atoms with Crippen LogP contribution in [0.4, 0.5) is 5.69 Å². The number of amides is 2. The van der Waals surface area contributed by atoms with Crippen LogP contribution in [0.3, 0.4) is 0 Å². The molecule has 34 heavy (non-hydrogen) atoms. The molecule has 1 saturated carbocycles. The Morgan fingerprint density at radius 3 is 2.26 bits per heavy atom. The molecule has 2 aliphatic rings. The molecule has 2 amide bonds. The second-order valence-corrected chi connectivity index (χ2v) is 9.95. The fourth-order valence-corrected chi connectivity index (χ4v) is 4.94. The first-order valence-electron chi connectivity index (χ1n) is 12.7. The lowest BCUT2D eigenvalue weighted by atomic mass is 10.1. The second-order valence-electron chi connectivity index (χ2n) is 9.95. The summed E-state index contributed by atoms with van der Waals surface area (Å²) in [5, 5.41) is 0. The van der Waals surface area contributed by atoms with Gasteiger partial charge in [-0.05, 0) is 62.8 Å². The van der Waals surface area contributed by atoms with Gasteiger partial charge >= 0.3 is 0 Å². The molecule has 2 aromatic rings. The highest BCUT2D eigenvalue weighted by atomic mass is 16.2. The summed E-state index contributed by atoms with van der Waals surface area (Å²) >= 11 is 0. The highest BCUT2D eigenvalue weighted by Crippen LogP contribution is 2.34. The largest absolute Gasteiger partial charge is 0.334 e. The minimum atomic E-state index is -0.246. The van der Waals surface area contributed by atoms with E-state index in [9.17, 15) is 14.4 Å². The van der Waals surface area contributed by atoms with Crippen LogP contribution in [0.15, 0.2) is 35.1 Å². The van der Waals surface area contributed by atoms with Gasteiger partial charge in [0.1, 0.15) is 5.56 Å². The molecule has 1 fully saturated rings. The van der Waals surface area contributed by atoms with Crippen molar-refractivity contribution in [1.82, 2.24) is 9.47 Å². The van der Waals surface area contributed by atoms with E-state index in [1.807, 2.05) is 54.0 Å². The van der Waals surface area contributed by atoms with Gasteiger partial charge in [0, 0.05) is 44.0 Å². The van der Waals surface area contributed by atoms with Crippen LogP contribution in [-0.4, -0.2) is 34.4 Å². The van der Waals surface area contributed by atoms with Crippen LogP contribution >= 0.6 is 0 Å². The Kier molecular flexibility index (Phi) is 7.54. The van der Waals surface area contributed by atoms with E-state index in [2.05, 4.69) is 0 Å². The summed E-state index contributed by atoms with van der Waals surface area (Å²) in [4.78, 5) is 43.8. The molecule has 1 aromatic carbocycles. The van der Waals surface area contributed by atoms with Crippen LogP contribution in [0.1, 0.15) is 78.5 Å². The van der Waals surface area contributed by atoms with E-state index in [1.54, 1.807) is 11.6 Å². The Bertz CT molecular complexity index is 1120. The Morgan fingerprint density at radius 1 is 0.912 bits per heavy atom. The fourth-order valence-electron chi connectivity index (χ4n) is 4.94. The first kappa shape index (κ1) is 24.2. The average Bonchev–Trinajstić information content (AvgIpc) is 3.66. The van der Waals surface area contributed by atoms with E-state index >= 15 is 0 Å². The number of aromatic nitrogens is 1. The van der Waals surface area contributed by atoms with E-state index in [0.29, 0.717) is 18.7 Å². The normalized spacial score (nSPS) is 17.9. The number of anilines is 1. The van der Waals surface area contributed by atoms with Gasteiger partial charge < -0.3 is 14.4 Å². The molecule has 0 unspecified atom stereocenters. The van der Waals surface area contributed by atoms with Crippen LogP contribution in [-0.2, 0) is 18.4 Å². The third-order valence-corrected chi connectivity index (χ3v) is 7.26. The summed E-state index contributed by atoms with van der Waals surface area (Å²) in [6.45, 7) is 5.42. The Hall–Kier alpha value is -2.89. The maximum Gasteiger partial charge on any atom is 0.263 e. The summed E-state index contributed by atoms with van der Waals surface area (Å²) in [6, 6.07) is 9.86. The first-order chi connectivity index (χ1) is 16.4. The Labute approximate surface area is 202 Å². The summed E-state index contributed by atoms with van der Waals surface area (Å²) in [6.07, 6.45) is 8.27. The lowest BCUT2D eigenvalue weighted by molar-refractivity contribution is -0.119. The second kappa shape index (κ2) is 10.6. The Balaban J connectivity index is 1.71. The number of hydrogen-bond donors (Lipinski definition) is 0. The van der Waals surface area contributed by atoms with Crippen LogP contribution in [0, 0.1) is 19.8 Å². The summed E-state index contributed by atoms with van der Waals surface area (Å²) in [5.74, 6) is 0.131. The van der Waals surface area contributed by atoms with Crippen molar-refractivity contribution in [1.29, 1.82) is 0 Å². The molecule has 0 bridgehead atoms. The van der Waals surface area contributed by atoms with Crippen molar-refractivity contribution in [2.75, 3.05) is 18.0 Å². The minimum absolute atomic E-state index is 0.139. The molecular weight excluding hydrogens is 426 g/mol. The average molecular weight is 464 g/mol. The topological polar surface area (TPSA) is 62.6 Å². The van der Waals surface area contributed by atoms with Crippen LogP contribution in [0.2, 0.25) is 0 Å². The number of hydrogen-bond acceptors (Lipinski definition) is 3. The zero-order valence-electron chi connectivity index (χ0n) is 20.8. The van der Waals surface area contributed by atoms with Crippen LogP contribution < -0.4 is 10.5 Å². The molecule has 6 nitrogen and oxygen atoms in total. The van der Waals surface area contributed by atoms with Gasteiger partial charge in [0.25, 0.3) is 11.5 Å². The van der Waals surface area contributed by atoms with E-state index in [4.69, 9.17) is 0 Å². The molecular formula is C28H37N3O3. The highest BCUT2D eigenvalue weighted by molar-refractivity contribution is 5.98. The van der Waals surface area contributed by atoms with Crippen molar-refractivity contribution in [3.63, 3.8) is 0 Å². The predicted molar refractivity (Wildman–Crippen MR) is 135 cm³/mol. The maximum atomic E-state index is 13.8. The van der Waals surface area contributed by atoms with Crippen molar-refractivity contribution in [2.45, 2.75) is 71.8 Å². The number of pyridine rings is 1. The molecule has 0 N–H and O–H groups in total. The van der Waals surface area contributed by atoms with Gasteiger partial charge in [-0.3, -0.25) is 14.4 Å². The molecule has 1 aliphatic carbocycles. The van der Waals surface area contributed by atoms with Crippen molar-refractivity contribution in [2.24, 2.45) is 13.0 Å². The fraction of sp³-hybridized carbons (Fsp3) is 0.536. The van der Waals surface area contributed by atoms with E-state index in [0.717, 1.165) is 74.9 Å². The maximum absolute atomic E-state index is 13.8. The van der Waals surface area contributed by atoms with Crippen molar-refractivity contribution < 1.29 is 9.59 Å². The molecule has 0 radical (unpaired) electrons. The van der Waals surface area contributed by atoms with E-state index in [-0.39, 0.29) is 28.9 Å². The summed E-state index contributed by atoms with van der Waals surface area (Å²) < 4.78 is 1.55. The van der Waals surface area contributed by atoms with E-state index in [1.165, 1.54) is 0 Å². The van der Waals surface area contributed by atoms with Crippen LogP contribution in [0.25, 0.3) is 0 Å². The van der Waals surface area contributed by atoms with Crippen molar-refractivity contribution in [3.05, 3.63) is 63.1 Å². The predicted octanol–water partition coefficient (Wildman–Crippen LogP) is 4.74. The van der Waals surface area contributed by atoms with Gasteiger partial charge in [0.2, 0.25) is 5.91 Å². The van der Waals surface area contributed by atoms with Crippen LogP contribution in [0.5, 0.6) is 0 Å². The molecule has 1 aliphatic heterocycles. The van der Waals surface area contributed by atoms with Crippen molar-refractivity contribution in [3.8, 4) is 0 Å². The van der Waals surface area contributed by atoms with Gasteiger partial charge in [-0.2, -0.15) is 0 Å². The lowest BCUT2D eigenvalue weighted by Gasteiger charge is -2.29. The van der Waals surface area contributed by atoms with Gasteiger partial charge in [-0.1, -0.05) is 43.9 Å². The zero-order chi connectivity index (χ0) is 24.2. The summed E-state index contributed by atoms with van der Waals surface area (Å²) in [5.41, 5.74) is 3.43. The molecule has 0 atom stereocenters. The zero-order valence-corrected chi connectivity index (χ0v) is 20.8. The monoisotopic (exact) mass is 463 g/mol. The number of para-hydroxylation sites is 1. The quantitative estimate of drug-likeness (QED) is 0.646. The molecule has 0 saturated heterocycles. The number of aryl methyl sites for hydroxylation is 2. The molecule has 182 valence electrons. The summed E-state index contributed by atoms with van der Waals surface area (Å²) in [7, 11) is 1.71. The molecule has 6 heteroatoms. The third-order valence-electron chi connectivity index (χ3n) is 7.26. The molecule has 1 aromatic heterocycles. The lowest BCUT2D eigenvalue weighted by Crippen LogP contribution is -2.39. The number of rotatable bonds is 2. The third kappa shape index (κ3) is 5.26. The molecule has 2 heterocycles. The van der Waals surface area contributed by atoms with Crippen molar-refractivity contribution >= 4 is 17.5 Å². The minimum Gasteiger partial charge on any atom is -0.334 e. The van der Waals surface area contributed by atoms with Gasteiger partial charge in [0.15, 0.2) is 0 Å². The number of fused-ring (bicyclic) bond motifs is 1. The SMILES string of the molecule is Cc1cc(C)n(C)c(=O)c1C(=O)N1CCCCCCCCN(C(=O)C2CC2)c2ccccc2C1. The number of carbonyl (C=O) groups is 2. The number of benzene rings is 1. The standard InChI is InChI=1S/C28H37N3O3/c1-20-18-21(2)29(3)27(33)25(20)28(34)30-16-10-6-4-5-7-11-17-31(26(32)22-14-15-22)24-13-9-8-12-23(24)19-30/h8-9,12-13,18,22H,4-7,10-11,14-17,19H2,1-3H3. The number of carbonyl (C=O) groups excluding carboxylic acids is 2. The van der Waals surface area contributed by atoms with Gasteiger partial charge in [-0.25, -0.2) is 0 Å². The highest BCUT2D eigenvalue weighted by Gasteiger charge is 2.35. The van der Waals surface area contributed by atoms with E-state index < -0.39 is 0 Å². The first-order valence-corrected chi connectivity index (χ1v) is 12.7. The van der Waals surface area contributed by atoms with Gasteiger partial charge in [0.05, 0.1) is 0 Å². The Morgan fingerprint density at radius 2 is 1.56 bits per heavy atom. The molecule has 4 rings (SSSR count).